The minimum Gasteiger partial charge on any atom is -0.495 e. The van der Waals surface area contributed by atoms with Crippen LogP contribution >= 0.6 is 11.3 Å². The number of nitrogens with one attached hydrogen (secondary N) is 2. The van der Waals surface area contributed by atoms with Gasteiger partial charge < -0.3 is 20.3 Å². The molecule has 33 heavy (non-hydrogen) atoms. The van der Waals surface area contributed by atoms with E-state index in [1.165, 1.54) is 24.2 Å². The van der Waals surface area contributed by atoms with Gasteiger partial charge in [-0.05, 0) is 49.6 Å². The summed E-state index contributed by atoms with van der Waals surface area (Å²) in [5, 5.41) is 5.89. The number of anilines is 2. The number of carbonyl (C=O) groups is 2. The van der Waals surface area contributed by atoms with Crippen LogP contribution in [0.1, 0.15) is 35.9 Å². The Morgan fingerprint density at radius 2 is 1.82 bits per heavy atom. The normalized spacial score (nSPS) is 14.1. The summed E-state index contributed by atoms with van der Waals surface area (Å²) in [4.78, 5) is 29.3. The van der Waals surface area contributed by atoms with Crippen molar-refractivity contribution in [3.63, 3.8) is 0 Å². The lowest BCUT2D eigenvalue weighted by Crippen LogP contribution is -2.35. The van der Waals surface area contributed by atoms with Crippen molar-refractivity contribution in [2.75, 3.05) is 30.4 Å². The van der Waals surface area contributed by atoms with Crippen LogP contribution < -0.4 is 20.3 Å². The predicted molar refractivity (Wildman–Crippen MR) is 134 cm³/mol. The van der Waals surface area contributed by atoms with Gasteiger partial charge in [-0.3, -0.25) is 9.59 Å². The molecule has 2 heterocycles. The van der Waals surface area contributed by atoms with Gasteiger partial charge in [-0.1, -0.05) is 36.4 Å². The van der Waals surface area contributed by atoms with E-state index in [0.717, 1.165) is 34.9 Å². The van der Waals surface area contributed by atoms with Gasteiger partial charge in [-0.25, -0.2) is 0 Å². The second-order valence-corrected chi connectivity index (χ2v) is 9.30. The number of nitrogens with zero attached hydrogens (tertiary/aromatic N) is 1. The molecular formula is C26H29N3O3S. The first-order chi connectivity index (χ1) is 16.0. The molecule has 1 aliphatic heterocycles. The predicted octanol–water partition coefficient (Wildman–Crippen LogP) is 5.17. The summed E-state index contributed by atoms with van der Waals surface area (Å²) in [5.41, 5.74) is 2.93. The van der Waals surface area contributed by atoms with E-state index in [9.17, 15) is 9.59 Å². The summed E-state index contributed by atoms with van der Waals surface area (Å²) < 4.78 is 5.43. The van der Waals surface area contributed by atoms with Crippen LogP contribution in [0, 0.1) is 0 Å². The molecule has 2 amide bonds. The maximum Gasteiger partial charge on any atom is 0.265 e. The van der Waals surface area contributed by atoms with E-state index in [1.54, 1.807) is 7.11 Å². The number of rotatable bonds is 8. The minimum atomic E-state index is -0.328. The molecule has 172 valence electrons. The number of hydrogen-bond donors (Lipinski definition) is 2. The Morgan fingerprint density at radius 3 is 2.55 bits per heavy atom. The highest BCUT2D eigenvalue weighted by atomic mass is 32.1. The summed E-state index contributed by atoms with van der Waals surface area (Å²) in [7, 11) is 1.56. The molecule has 6 nitrogen and oxygen atoms in total. The lowest BCUT2D eigenvalue weighted by Gasteiger charge is -2.19. The van der Waals surface area contributed by atoms with E-state index in [2.05, 4.69) is 21.6 Å². The molecule has 1 aliphatic rings. The molecule has 1 atom stereocenters. The molecule has 2 N–H and O–H groups in total. The summed E-state index contributed by atoms with van der Waals surface area (Å²) in [6, 6.07) is 19.4. The first kappa shape index (κ1) is 22.9. The van der Waals surface area contributed by atoms with Crippen molar-refractivity contribution in [3.8, 4) is 16.2 Å². The van der Waals surface area contributed by atoms with Crippen LogP contribution in [0.3, 0.4) is 0 Å². The largest absolute Gasteiger partial charge is 0.495 e. The number of methoxy groups -OCH3 is 1. The van der Waals surface area contributed by atoms with Crippen LogP contribution in [0.2, 0.25) is 0 Å². The van der Waals surface area contributed by atoms with Gasteiger partial charge in [0.1, 0.15) is 10.6 Å². The van der Waals surface area contributed by atoms with Crippen molar-refractivity contribution in [1.29, 1.82) is 0 Å². The zero-order valence-electron chi connectivity index (χ0n) is 19.0. The molecule has 4 rings (SSSR count). The Balaban J connectivity index is 1.35. The topological polar surface area (TPSA) is 70.7 Å². The third-order valence-electron chi connectivity index (χ3n) is 5.65. The monoisotopic (exact) mass is 463 g/mol. The Kier molecular flexibility index (Phi) is 7.29. The van der Waals surface area contributed by atoms with Crippen LogP contribution in [0.25, 0.3) is 10.4 Å². The van der Waals surface area contributed by atoms with Crippen molar-refractivity contribution >= 4 is 34.5 Å². The molecule has 1 saturated heterocycles. The zero-order chi connectivity index (χ0) is 23.2. The van der Waals surface area contributed by atoms with Crippen LogP contribution in [0.4, 0.5) is 11.4 Å². The van der Waals surface area contributed by atoms with E-state index in [4.69, 9.17) is 4.74 Å². The maximum absolute atomic E-state index is 12.9. The number of hydrogen-bond acceptors (Lipinski definition) is 5. The van der Waals surface area contributed by atoms with Gasteiger partial charge in [0.15, 0.2) is 0 Å². The summed E-state index contributed by atoms with van der Waals surface area (Å²) in [6.07, 6.45) is 2.59. The summed E-state index contributed by atoms with van der Waals surface area (Å²) in [6.45, 7) is 3.94. The number of benzene rings is 2. The standard InChI is InChI=1S/C26H29N3O3S/c1-18(15-24(30)28-20-11-8-12-21(16-20)29-13-6-7-14-29)27-26(31)25-22(32-2)17-23(33-25)19-9-4-3-5-10-19/h3-5,8-12,16-18H,6-7,13-15H2,1-2H3,(H,27,31)(H,28,30). The lowest BCUT2D eigenvalue weighted by molar-refractivity contribution is -0.116. The van der Waals surface area contributed by atoms with Crippen LogP contribution in [0.15, 0.2) is 60.7 Å². The Bertz CT molecular complexity index is 1110. The van der Waals surface area contributed by atoms with Crippen molar-refractivity contribution in [2.45, 2.75) is 32.2 Å². The maximum atomic E-state index is 12.9. The lowest BCUT2D eigenvalue weighted by atomic mass is 10.2. The van der Waals surface area contributed by atoms with Crippen LogP contribution in [-0.4, -0.2) is 38.1 Å². The highest BCUT2D eigenvalue weighted by Crippen LogP contribution is 2.36. The second-order valence-electron chi connectivity index (χ2n) is 8.25. The number of thiophene rings is 1. The van der Waals surface area contributed by atoms with E-state index in [1.807, 2.05) is 61.5 Å². The molecule has 7 heteroatoms. The smallest absolute Gasteiger partial charge is 0.265 e. The average molecular weight is 464 g/mol. The molecule has 0 bridgehead atoms. The van der Waals surface area contributed by atoms with Crippen LogP contribution in [0.5, 0.6) is 5.75 Å². The van der Waals surface area contributed by atoms with Crippen molar-refractivity contribution < 1.29 is 14.3 Å². The van der Waals surface area contributed by atoms with Crippen molar-refractivity contribution in [1.82, 2.24) is 5.32 Å². The molecule has 1 fully saturated rings. The quantitative estimate of drug-likeness (QED) is 0.483. The fourth-order valence-electron chi connectivity index (χ4n) is 4.02. The number of amides is 2. The first-order valence-corrected chi connectivity index (χ1v) is 12.0. The molecular weight excluding hydrogens is 434 g/mol. The number of ether oxygens (including phenoxy) is 1. The Labute approximate surface area is 198 Å². The van der Waals surface area contributed by atoms with Crippen LogP contribution in [-0.2, 0) is 4.79 Å². The highest BCUT2D eigenvalue weighted by Gasteiger charge is 2.21. The summed E-state index contributed by atoms with van der Waals surface area (Å²) in [5.74, 6) is 0.159. The van der Waals surface area contributed by atoms with Crippen molar-refractivity contribution in [3.05, 3.63) is 65.5 Å². The van der Waals surface area contributed by atoms with Gasteiger partial charge >= 0.3 is 0 Å². The Hall–Kier alpha value is -3.32. The molecule has 2 aromatic carbocycles. The van der Waals surface area contributed by atoms with Gasteiger partial charge in [0.25, 0.3) is 5.91 Å². The van der Waals surface area contributed by atoms with Gasteiger partial charge in [0.2, 0.25) is 5.91 Å². The zero-order valence-corrected chi connectivity index (χ0v) is 19.8. The summed E-state index contributed by atoms with van der Waals surface area (Å²) >= 11 is 1.38. The van der Waals surface area contributed by atoms with E-state index in [0.29, 0.717) is 10.6 Å². The fraction of sp³-hybridized carbons (Fsp3) is 0.308. The third-order valence-corrected chi connectivity index (χ3v) is 6.82. The molecule has 3 aromatic rings. The van der Waals surface area contributed by atoms with E-state index in [-0.39, 0.29) is 24.3 Å². The fourth-order valence-corrected chi connectivity index (χ4v) is 5.05. The first-order valence-electron chi connectivity index (χ1n) is 11.2. The van der Waals surface area contributed by atoms with Gasteiger partial charge in [0, 0.05) is 41.8 Å². The molecule has 1 aromatic heterocycles. The number of carbonyl (C=O) groups excluding carboxylic acids is 2. The van der Waals surface area contributed by atoms with Gasteiger partial charge in [-0.2, -0.15) is 0 Å². The second kappa shape index (κ2) is 10.5. The van der Waals surface area contributed by atoms with E-state index >= 15 is 0 Å². The molecule has 1 unspecified atom stereocenters. The highest BCUT2D eigenvalue weighted by molar-refractivity contribution is 7.17. The average Bonchev–Trinajstić information content (AvgIpc) is 3.50. The van der Waals surface area contributed by atoms with Crippen molar-refractivity contribution in [2.24, 2.45) is 0 Å². The van der Waals surface area contributed by atoms with E-state index < -0.39 is 0 Å². The molecule has 0 aliphatic carbocycles. The molecule has 0 spiro atoms. The Morgan fingerprint density at radius 1 is 1.06 bits per heavy atom. The van der Waals surface area contributed by atoms with Gasteiger partial charge in [0.05, 0.1) is 7.11 Å². The van der Waals surface area contributed by atoms with Gasteiger partial charge in [-0.15, -0.1) is 11.3 Å². The SMILES string of the molecule is COc1cc(-c2ccccc2)sc1C(=O)NC(C)CC(=O)Nc1cccc(N2CCCC2)c1. The third kappa shape index (κ3) is 5.73. The minimum absolute atomic E-state index is 0.135. The molecule has 0 radical (unpaired) electrons. The molecule has 0 saturated carbocycles.